The van der Waals surface area contributed by atoms with Crippen molar-refractivity contribution in [2.45, 2.75) is 25.2 Å². The fourth-order valence-corrected chi connectivity index (χ4v) is 5.79. The topological polar surface area (TPSA) is 44.5 Å². The van der Waals surface area contributed by atoms with Gasteiger partial charge in [-0.3, -0.25) is 10.3 Å². The Hall–Kier alpha value is -2.59. The largest absolute Gasteiger partial charge is 0.573 e. The number of alkyl halides is 3. The molecule has 0 unspecified atom stereocenters. The third kappa shape index (κ3) is 4.21. The number of nitrogens with zero attached hydrogens (tertiary/aromatic N) is 3. The van der Waals surface area contributed by atoms with Crippen LogP contribution in [-0.2, 0) is 6.42 Å². The number of halogens is 4. The van der Waals surface area contributed by atoms with E-state index in [4.69, 9.17) is 5.41 Å². The molecule has 10 heteroatoms. The van der Waals surface area contributed by atoms with Gasteiger partial charge in [-0.1, -0.05) is 11.3 Å². The lowest BCUT2D eigenvalue weighted by Crippen LogP contribution is -2.48. The quantitative estimate of drug-likeness (QED) is 0.575. The molecule has 3 aromatic rings. The van der Waals surface area contributed by atoms with Crippen LogP contribution in [0.15, 0.2) is 36.4 Å². The van der Waals surface area contributed by atoms with Crippen LogP contribution >= 0.6 is 11.3 Å². The molecule has 0 saturated carbocycles. The van der Waals surface area contributed by atoms with E-state index in [1.54, 1.807) is 12.1 Å². The van der Waals surface area contributed by atoms with E-state index in [-0.39, 0.29) is 17.6 Å². The molecule has 1 aromatic heterocycles. The molecule has 5 rings (SSSR count). The zero-order chi connectivity index (χ0) is 22.5. The molecular weight excluding hydrogens is 444 g/mol. The molecule has 5 nitrogen and oxygen atoms in total. The van der Waals surface area contributed by atoms with E-state index in [0.29, 0.717) is 15.9 Å². The molecule has 170 valence electrons. The summed E-state index contributed by atoms with van der Waals surface area (Å²) in [7, 11) is 0. The lowest BCUT2D eigenvalue weighted by atomic mass is 9.98. The fourth-order valence-electron chi connectivity index (χ4n) is 4.74. The van der Waals surface area contributed by atoms with E-state index >= 15 is 0 Å². The molecule has 2 aliphatic rings. The van der Waals surface area contributed by atoms with Gasteiger partial charge in [-0.25, -0.2) is 4.39 Å². The number of thiazole rings is 1. The van der Waals surface area contributed by atoms with Crippen molar-refractivity contribution < 1.29 is 22.3 Å². The van der Waals surface area contributed by atoms with Gasteiger partial charge >= 0.3 is 6.36 Å². The summed E-state index contributed by atoms with van der Waals surface area (Å²) in [6, 6.07) is 9.48. The first-order valence-electron chi connectivity index (χ1n) is 10.5. The maximum atomic E-state index is 13.2. The number of anilines is 1. The number of benzene rings is 2. The summed E-state index contributed by atoms with van der Waals surface area (Å²) < 4.78 is 57.9. The van der Waals surface area contributed by atoms with E-state index in [9.17, 15) is 17.6 Å². The molecule has 3 heterocycles. The second-order valence-corrected chi connectivity index (χ2v) is 9.24. The van der Waals surface area contributed by atoms with Gasteiger partial charge in [-0.05, 0) is 54.8 Å². The summed E-state index contributed by atoms with van der Waals surface area (Å²) in [6.45, 7) is 4.19. The van der Waals surface area contributed by atoms with Gasteiger partial charge in [-0.15, -0.1) is 13.2 Å². The number of hydrogen-bond donors (Lipinski definition) is 1. The lowest BCUT2D eigenvalue weighted by Gasteiger charge is -2.38. The van der Waals surface area contributed by atoms with Crippen LogP contribution in [-0.4, -0.2) is 48.6 Å². The minimum absolute atomic E-state index is 0.107. The van der Waals surface area contributed by atoms with Crippen LogP contribution in [0.5, 0.6) is 5.75 Å². The third-order valence-corrected chi connectivity index (χ3v) is 7.09. The van der Waals surface area contributed by atoms with Gasteiger partial charge in [0.25, 0.3) is 0 Å². The van der Waals surface area contributed by atoms with Crippen molar-refractivity contribution in [3.05, 3.63) is 52.6 Å². The Labute approximate surface area is 185 Å². The Kier molecular flexibility index (Phi) is 5.37. The summed E-state index contributed by atoms with van der Waals surface area (Å²) >= 11 is 1.19. The van der Waals surface area contributed by atoms with Gasteiger partial charge in [0.1, 0.15) is 11.6 Å². The molecule has 0 bridgehead atoms. The van der Waals surface area contributed by atoms with E-state index in [0.717, 1.165) is 55.9 Å². The number of ether oxygens (including phenoxy) is 1. The number of nitrogens with one attached hydrogen (secondary N) is 1. The predicted molar refractivity (Wildman–Crippen MR) is 115 cm³/mol. The van der Waals surface area contributed by atoms with Crippen LogP contribution in [0.3, 0.4) is 0 Å². The van der Waals surface area contributed by atoms with Crippen LogP contribution < -0.4 is 14.4 Å². The van der Waals surface area contributed by atoms with Gasteiger partial charge in [0, 0.05) is 44.5 Å². The molecule has 1 fully saturated rings. The summed E-state index contributed by atoms with van der Waals surface area (Å²) in [5.74, 6) is -0.462. The molecule has 1 N–H and O–H groups in total. The molecule has 32 heavy (non-hydrogen) atoms. The maximum Gasteiger partial charge on any atom is 0.573 e. The fraction of sp³-hybridized carbons (Fsp3) is 0.409. The van der Waals surface area contributed by atoms with Crippen LogP contribution in [0, 0.1) is 11.2 Å². The second-order valence-electron chi connectivity index (χ2n) is 8.21. The van der Waals surface area contributed by atoms with E-state index in [1.807, 2.05) is 4.57 Å². The van der Waals surface area contributed by atoms with Crippen LogP contribution in [0.1, 0.15) is 18.0 Å². The van der Waals surface area contributed by atoms with Crippen LogP contribution in [0.2, 0.25) is 0 Å². The third-order valence-electron chi connectivity index (χ3n) is 6.17. The van der Waals surface area contributed by atoms with Gasteiger partial charge < -0.3 is 14.2 Å². The van der Waals surface area contributed by atoms with Crippen LogP contribution in [0.4, 0.5) is 23.2 Å². The summed E-state index contributed by atoms with van der Waals surface area (Å²) in [5.41, 5.74) is 2.67. The number of rotatable bonds is 4. The van der Waals surface area contributed by atoms with Crippen LogP contribution in [0.25, 0.3) is 10.2 Å². The lowest BCUT2D eigenvalue weighted by molar-refractivity contribution is -0.274. The first-order valence-corrected chi connectivity index (χ1v) is 11.3. The molecule has 0 amide bonds. The molecule has 1 atom stereocenters. The second kappa shape index (κ2) is 8.08. The Balaban J connectivity index is 1.31. The van der Waals surface area contributed by atoms with E-state index in [2.05, 4.69) is 14.5 Å². The van der Waals surface area contributed by atoms with Gasteiger partial charge in [0.15, 0.2) is 4.80 Å². The normalized spacial score (nSPS) is 19.5. The first-order chi connectivity index (χ1) is 15.3. The number of aryl methyl sites for hydroxylation is 1. The first kappa shape index (κ1) is 21.3. The van der Waals surface area contributed by atoms with Crippen molar-refractivity contribution in [3.8, 4) is 5.75 Å². The standard InChI is InChI=1S/C22H22F4N4OS/c23-15-2-5-16(6-3-15)29-9-7-28(8-10-29)13-17-4-1-14-11-18(31-22(24,25)26)12-19-20(14)30(17)21(27)32-19/h2-3,5-6,11-12,17,27H,1,4,7-10,13H2/t17-/m1/s1. The summed E-state index contributed by atoms with van der Waals surface area (Å²) in [6.07, 6.45) is -3.31. The minimum atomic E-state index is -4.73. The van der Waals surface area contributed by atoms with Gasteiger partial charge in [0.05, 0.1) is 10.2 Å². The molecule has 1 saturated heterocycles. The highest BCUT2D eigenvalue weighted by molar-refractivity contribution is 7.16. The Morgan fingerprint density at radius 2 is 1.78 bits per heavy atom. The van der Waals surface area contributed by atoms with E-state index in [1.165, 1.54) is 35.6 Å². The molecular formula is C22H22F4N4OS. The van der Waals surface area contributed by atoms with Gasteiger partial charge in [-0.2, -0.15) is 0 Å². The number of piperazine rings is 1. The molecule has 0 spiro atoms. The Morgan fingerprint density at radius 1 is 1.06 bits per heavy atom. The smallest absolute Gasteiger partial charge is 0.406 e. The SMILES string of the molecule is N=c1sc2cc(OC(F)(F)F)cc3c2n1[C@@H](CN1CCN(c2ccc(F)cc2)CC1)CC3. The van der Waals surface area contributed by atoms with Crippen molar-refractivity contribution in [1.82, 2.24) is 9.47 Å². The Morgan fingerprint density at radius 3 is 2.47 bits per heavy atom. The highest BCUT2D eigenvalue weighted by Gasteiger charge is 2.33. The minimum Gasteiger partial charge on any atom is -0.406 e. The Bertz CT molecular complexity index is 1180. The molecule has 2 aromatic carbocycles. The monoisotopic (exact) mass is 466 g/mol. The van der Waals surface area contributed by atoms with E-state index < -0.39 is 6.36 Å². The van der Waals surface area contributed by atoms with Crippen molar-refractivity contribution in [3.63, 3.8) is 0 Å². The zero-order valence-corrected chi connectivity index (χ0v) is 18.0. The highest BCUT2D eigenvalue weighted by Crippen LogP contribution is 2.37. The maximum absolute atomic E-state index is 13.2. The van der Waals surface area contributed by atoms with Crippen molar-refractivity contribution in [1.29, 1.82) is 5.41 Å². The van der Waals surface area contributed by atoms with Crippen molar-refractivity contribution >= 4 is 27.2 Å². The molecule has 2 aliphatic heterocycles. The predicted octanol–water partition coefficient (Wildman–Crippen LogP) is 4.53. The average Bonchev–Trinajstić information content (AvgIpc) is 3.07. The zero-order valence-electron chi connectivity index (χ0n) is 17.2. The average molecular weight is 467 g/mol. The van der Waals surface area contributed by atoms with Crippen molar-refractivity contribution in [2.24, 2.45) is 0 Å². The summed E-state index contributed by atoms with van der Waals surface area (Å²) in [4.78, 5) is 4.95. The molecule has 0 aliphatic carbocycles. The number of aromatic nitrogens is 1. The van der Waals surface area contributed by atoms with Gasteiger partial charge in [0.2, 0.25) is 0 Å². The highest BCUT2D eigenvalue weighted by atomic mass is 32.1. The summed E-state index contributed by atoms with van der Waals surface area (Å²) in [5, 5.41) is 8.45. The molecule has 0 radical (unpaired) electrons. The van der Waals surface area contributed by atoms with Crippen molar-refractivity contribution in [2.75, 3.05) is 37.6 Å². The number of hydrogen-bond acceptors (Lipinski definition) is 5.